The van der Waals surface area contributed by atoms with Crippen LogP contribution in [0.2, 0.25) is 0 Å². The van der Waals surface area contributed by atoms with E-state index >= 15 is 0 Å². The summed E-state index contributed by atoms with van der Waals surface area (Å²) in [4.78, 5) is 13.1. The minimum atomic E-state index is -1.78. The molecule has 2 heterocycles. The van der Waals surface area contributed by atoms with Crippen molar-refractivity contribution >= 4 is 5.91 Å². The van der Waals surface area contributed by atoms with Crippen LogP contribution in [0.1, 0.15) is 213 Å². The van der Waals surface area contributed by atoms with E-state index in [0.29, 0.717) is 12.8 Å². The molecule has 0 radical (unpaired) electrons. The number of unbranched alkanes of at least 4 members (excludes halogenated alkanes) is 27. The van der Waals surface area contributed by atoms with E-state index in [1.165, 1.54) is 135 Å². The van der Waals surface area contributed by atoms with Gasteiger partial charge in [-0.05, 0) is 12.8 Å². The van der Waals surface area contributed by atoms with Crippen LogP contribution in [0, 0.1) is 0 Å². The number of aliphatic hydroxyl groups is 8. The molecule has 374 valence electrons. The van der Waals surface area contributed by atoms with Crippen molar-refractivity contribution in [3.8, 4) is 0 Å². The number of amides is 1. The molecule has 2 aliphatic rings. The first kappa shape index (κ1) is 58.1. The molecule has 12 unspecified atom stereocenters. The predicted octanol–water partition coefficient (Wildman–Crippen LogP) is 6.61. The van der Waals surface area contributed by atoms with Gasteiger partial charge in [-0.2, -0.15) is 0 Å². The summed E-state index contributed by atoms with van der Waals surface area (Å²) >= 11 is 0. The standard InChI is InChI=1S/C49H95NO13/c1-3-5-7-9-11-13-14-15-16-17-18-19-20-21-22-23-25-26-28-30-32-38(53)37(50-41(54)33-31-29-27-24-12-10-8-6-4-2)36-60-48-46(59)44(57)47(40(35-52)62-48)63-49-45(58)43(56)42(55)39(34-51)61-49/h37-40,42-49,51-53,55-59H,3-36H2,1-2H3,(H,50,54). The molecule has 0 spiro atoms. The number of rotatable bonds is 40. The molecule has 0 aromatic carbocycles. The van der Waals surface area contributed by atoms with E-state index in [9.17, 15) is 45.6 Å². The summed E-state index contributed by atoms with van der Waals surface area (Å²) in [6, 6.07) is -0.819. The molecule has 9 N–H and O–H groups in total. The van der Waals surface area contributed by atoms with Gasteiger partial charge in [0.2, 0.25) is 5.91 Å². The first-order valence-corrected chi connectivity index (χ1v) is 25.8. The third-order valence-electron chi connectivity index (χ3n) is 13.1. The highest BCUT2D eigenvalue weighted by Gasteiger charge is 2.51. The molecule has 0 aliphatic carbocycles. The number of nitrogens with one attached hydrogen (secondary N) is 1. The van der Waals surface area contributed by atoms with Crippen LogP contribution in [0.4, 0.5) is 0 Å². The lowest BCUT2D eigenvalue weighted by molar-refractivity contribution is -0.359. The van der Waals surface area contributed by atoms with Gasteiger partial charge in [0.05, 0.1) is 32.0 Å². The van der Waals surface area contributed by atoms with Gasteiger partial charge in [-0.1, -0.05) is 194 Å². The van der Waals surface area contributed by atoms with Gasteiger partial charge in [0, 0.05) is 6.42 Å². The Labute approximate surface area is 381 Å². The number of ether oxygens (including phenoxy) is 4. The number of carbonyl (C=O) groups is 1. The van der Waals surface area contributed by atoms with Crippen molar-refractivity contribution in [3.63, 3.8) is 0 Å². The largest absolute Gasteiger partial charge is 0.394 e. The maximum atomic E-state index is 13.1. The van der Waals surface area contributed by atoms with Crippen molar-refractivity contribution < 1.29 is 64.6 Å². The van der Waals surface area contributed by atoms with E-state index in [4.69, 9.17) is 18.9 Å². The van der Waals surface area contributed by atoms with Crippen molar-refractivity contribution in [2.24, 2.45) is 0 Å². The smallest absolute Gasteiger partial charge is 0.220 e. The molecule has 2 fully saturated rings. The van der Waals surface area contributed by atoms with Gasteiger partial charge in [-0.25, -0.2) is 0 Å². The van der Waals surface area contributed by atoms with E-state index in [2.05, 4.69) is 19.2 Å². The molecule has 0 aromatic rings. The first-order valence-electron chi connectivity index (χ1n) is 25.8. The van der Waals surface area contributed by atoms with E-state index in [1.54, 1.807) is 0 Å². The SMILES string of the molecule is CCCCCCCCCCCCCCCCCCCCCCC(O)C(COC1OC(CO)C(OC2OC(CO)C(O)C(O)C2O)C(O)C1O)NC(=O)CCCCCCCCCCC. The van der Waals surface area contributed by atoms with Gasteiger partial charge in [0.15, 0.2) is 12.6 Å². The second-order valence-electron chi connectivity index (χ2n) is 18.7. The van der Waals surface area contributed by atoms with Crippen LogP contribution in [-0.2, 0) is 23.7 Å². The van der Waals surface area contributed by atoms with Crippen molar-refractivity contribution in [1.82, 2.24) is 5.32 Å². The van der Waals surface area contributed by atoms with Crippen LogP contribution in [0.3, 0.4) is 0 Å². The Kier molecular flexibility index (Phi) is 34.2. The van der Waals surface area contributed by atoms with E-state index < -0.39 is 86.8 Å². The lowest BCUT2D eigenvalue weighted by atomic mass is 9.97. The highest BCUT2D eigenvalue weighted by atomic mass is 16.7. The Balaban J connectivity index is 1.78. The molecule has 0 aromatic heterocycles. The van der Waals surface area contributed by atoms with E-state index in [0.717, 1.165) is 51.4 Å². The summed E-state index contributed by atoms with van der Waals surface area (Å²) in [5, 5.41) is 86.8. The van der Waals surface area contributed by atoms with Crippen LogP contribution in [-0.4, -0.2) is 140 Å². The molecule has 2 aliphatic heterocycles. The normalized spacial score (nSPS) is 27.4. The minimum absolute atomic E-state index is 0.208. The number of carbonyl (C=O) groups excluding carboxylic acids is 1. The fourth-order valence-corrected chi connectivity index (χ4v) is 8.83. The summed E-state index contributed by atoms with van der Waals surface area (Å²) < 4.78 is 22.7. The van der Waals surface area contributed by atoms with E-state index in [-0.39, 0.29) is 12.5 Å². The second kappa shape index (κ2) is 37.0. The molecular weight excluding hydrogens is 811 g/mol. The molecule has 14 nitrogen and oxygen atoms in total. The minimum Gasteiger partial charge on any atom is -0.394 e. The lowest BCUT2D eigenvalue weighted by Gasteiger charge is -2.46. The summed E-state index contributed by atoms with van der Waals surface area (Å²) in [5.74, 6) is -0.208. The monoisotopic (exact) mass is 906 g/mol. The molecule has 2 rings (SSSR count). The molecule has 1 amide bonds. The summed E-state index contributed by atoms with van der Waals surface area (Å²) in [7, 11) is 0. The number of hydrogen-bond acceptors (Lipinski definition) is 13. The van der Waals surface area contributed by atoms with Crippen LogP contribution in [0.15, 0.2) is 0 Å². The second-order valence-corrected chi connectivity index (χ2v) is 18.7. The number of aliphatic hydroxyl groups excluding tert-OH is 8. The molecule has 0 saturated carbocycles. The molecule has 12 atom stereocenters. The Morgan fingerprint density at radius 3 is 1.35 bits per heavy atom. The van der Waals surface area contributed by atoms with Gasteiger partial charge >= 0.3 is 0 Å². The van der Waals surface area contributed by atoms with Crippen LogP contribution in [0.5, 0.6) is 0 Å². The van der Waals surface area contributed by atoms with Crippen molar-refractivity contribution in [3.05, 3.63) is 0 Å². The fourth-order valence-electron chi connectivity index (χ4n) is 8.83. The van der Waals surface area contributed by atoms with Crippen molar-refractivity contribution in [2.45, 2.75) is 286 Å². The Bertz CT molecular complexity index is 1070. The van der Waals surface area contributed by atoms with Crippen LogP contribution < -0.4 is 5.32 Å². The molecule has 2 saturated heterocycles. The summed E-state index contributed by atoms with van der Waals surface area (Å²) in [6.45, 7) is 2.84. The average Bonchev–Trinajstić information content (AvgIpc) is 3.28. The maximum Gasteiger partial charge on any atom is 0.220 e. The first-order chi connectivity index (χ1) is 30.6. The molecule has 14 heteroatoms. The molecule has 63 heavy (non-hydrogen) atoms. The summed E-state index contributed by atoms with van der Waals surface area (Å²) in [6.07, 6.45) is 19.8. The zero-order valence-corrected chi connectivity index (χ0v) is 39.6. The highest BCUT2D eigenvalue weighted by Crippen LogP contribution is 2.30. The zero-order chi connectivity index (χ0) is 46.1. The fraction of sp³-hybridized carbons (Fsp3) is 0.980. The quantitative estimate of drug-likeness (QED) is 0.0296. The Hall–Kier alpha value is -1.01. The molecular formula is C49H95NO13. The Morgan fingerprint density at radius 1 is 0.508 bits per heavy atom. The summed E-state index contributed by atoms with van der Waals surface area (Å²) in [5.41, 5.74) is 0. The topological polar surface area (TPSA) is 228 Å². The Morgan fingerprint density at radius 2 is 0.905 bits per heavy atom. The van der Waals surface area contributed by atoms with Gasteiger partial charge in [-0.15, -0.1) is 0 Å². The number of hydrogen-bond donors (Lipinski definition) is 9. The zero-order valence-electron chi connectivity index (χ0n) is 39.6. The average molecular weight is 906 g/mol. The van der Waals surface area contributed by atoms with Gasteiger partial charge < -0.3 is 65.1 Å². The van der Waals surface area contributed by atoms with Gasteiger partial charge in [-0.3, -0.25) is 4.79 Å². The van der Waals surface area contributed by atoms with Gasteiger partial charge in [0.25, 0.3) is 0 Å². The highest BCUT2D eigenvalue weighted by molar-refractivity contribution is 5.76. The third-order valence-corrected chi connectivity index (χ3v) is 13.1. The lowest BCUT2D eigenvalue weighted by Crippen LogP contribution is -2.65. The van der Waals surface area contributed by atoms with Crippen LogP contribution >= 0.6 is 0 Å². The predicted molar refractivity (Wildman–Crippen MR) is 245 cm³/mol. The van der Waals surface area contributed by atoms with Crippen molar-refractivity contribution in [2.75, 3.05) is 19.8 Å². The van der Waals surface area contributed by atoms with Gasteiger partial charge in [0.1, 0.15) is 48.8 Å². The maximum absolute atomic E-state index is 13.1. The third kappa shape index (κ3) is 24.5. The van der Waals surface area contributed by atoms with E-state index in [1.807, 2.05) is 0 Å². The van der Waals surface area contributed by atoms with Crippen molar-refractivity contribution in [1.29, 1.82) is 0 Å². The van der Waals surface area contributed by atoms with Crippen LogP contribution in [0.25, 0.3) is 0 Å². The molecule has 0 bridgehead atoms.